The van der Waals surface area contributed by atoms with Gasteiger partial charge >= 0.3 is 0 Å². The summed E-state index contributed by atoms with van der Waals surface area (Å²) in [5.41, 5.74) is 1.15. The zero-order valence-corrected chi connectivity index (χ0v) is 15.7. The second-order valence-corrected chi connectivity index (χ2v) is 6.28. The second kappa shape index (κ2) is 8.04. The average Bonchev–Trinajstić information content (AvgIpc) is 2.54. The molecule has 0 bridgehead atoms. The number of rotatable bonds is 4. The van der Waals surface area contributed by atoms with E-state index in [1.807, 2.05) is 0 Å². The number of amides is 1. The van der Waals surface area contributed by atoms with Crippen molar-refractivity contribution in [2.24, 2.45) is 0 Å². The fourth-order valence-electron chi connectivity index (χ4n) is 2.03. The Morgan fingerprint density at radius 2 is 2.00 bits per heavy atom. The summed E-state index contributed by atoms with van der Waals surface area (Å²) >= 11 is 8.46. The highest BCUT2D eigenvalue weighted by Gasteiger charge is 2.16. The molecule has 0 aliphatic rings. The van der Waals surface area contributed by atoms with Crippen LogP contribution in [0.4, 0.5) is 11.4 Å². The van der Waals surface area contributed by atoms with Crippen LogP contribution in [0.1, 0.15) is 15.9 Å². The van der Waals surface area contributed by atoms with Gasteiger partial charge in [-0.25, -0.2) is 0 Å². The third-order valence-electron chi connectivity index (χ3n) is 3.30. The number of hydrogen-bond donors (Lipinski definition) is 2. The molecule has 2 N–H and O–H groups in total. The number of halogens is 1. The molecule has 2 rings (SSSR count). The Morgan fingerprint density at radius 1 is 1.28 bits per heavy atom. The zero-order valence-electron chi connectivity index (χ0n) is 13.3. The third-order valence-corrected chi connectivity index (χ3v) is 4.13. The van der Waals surface area contributed by atoms with Crippen LogP contribution >= 0.6 is 28.1 Å². The molecule has 0 radical (unpaired) electrons. The number of thiocarbonyl (C=S) groups is 1. The Balaban J connectivity index is 2.08. The summed E-state index contributed by atoms with van der Waals surface area (Å²) in [6, 6.07) is 9.46. The normalized spacial score (nSPS) is 10.0. The molecule has 0 heterocycles. The van der Waals surface area contributed by atoms with Gasteiger partial charge in [0.2, 0.25) is 0 Å². The lowest BCUT2D eigenvalue weighted by Crippen LogP contribution is -2.34. The first kappa shape index (κ1) is 18.8. The smallest absolute Gasteiger partial charge is 0.273 e. The number of nitro groups is 1. The highest BCUT2D eigenvalue weighted by Crippen LogP contribution is 2.27. The minimum atomic E-state index is -0.534. The number of aryl methyl sites for hydroxylation is 1. The number of ether oxygens (including phenoxy) is 1. The average molecular weight is 424 g/mol. The lowest BCUT2D eigenvalue weighted by Gasteiger charge is -2.11. The van der Waals surface area contributed by atoms with Crippen LogP contribution in [0.25, 0.3) is 0 Å². The number of anilines is 1. The van der Waals surface area contributed by atoms with Crippen molar-refractivity contribution in [2.75, 3.05) is 12.4 Å². The third kappa shape index (κ3) is 4.74. The molecule has 1 amide bonds. The van der Waals surface area contributed by atoms with Crippen LogP contribution in [0, 0.1) is 17.0 Å². The molecule has 0 spiro atoms. The predicted molar refractivity (Wildman–Crippen MR) is 102 cm³/mol. The van der Waals surface area contributed by atoms with Crippen LogP contribution in [-0.2, 0) is 0 Å². The number of nitro benzene ring substituents is 1. The number of carbonyl (C=O) groups excluding carboxylic acids is 1. The Labute approximate surface area is 157 Å². The lowest BCUT2D eigenvalue weighted by atomic mass is 10.1. The predicted octanol–water partition coefficient (Wildman–Crippen LogP) is 3.80. The Morgan fingerprint density at radius 3 is 2.60 bits per heavy atom. The van der Waals surface area contributed by atoms with Crippen LogP contribution in [0.2, 0.25) is 0 Å². The van der Waals surface area contributed by atoms with Crippen molar-refractivity contribution in [3.63, 3.8) is 0 Å². The minimum absolute atomic E-state index is 0.0743. The van der Waals surface area contributed by atoms with Gasteiger partial charge in [-0.05, 0) is 59.3 Å². The Hall–Kier alpha value is -2.52. The molecule has 0 aliphatic carbocycles. The molecular weight excluding hydrogens is 410 g/mol. The number of nitrogens with one attached hydrogen (secondary N) is 2. The summed E-state index contributed by atoms with van der Waals surface area (Å²) in [6.45, 7) is 1.60. The topological polar surface area (TPSA) is 93.5 Å². The van der Waals surface area contributed by atoms with Crippen molar-refractivity contribution in [2.45, 2.75) is 6.92 Å². The van der Waals surface area contributed by atoms with Crippen molar-refractivity contribution >= 4 is 50.5 Å². The van der Waals surface area contributed by atoms with Crippen LogP contribution in [0.3, 0.4) is 0 Å². The maximum Gasteiger partial charge on any atom is 0.273 e. The van der Waals surface area contributed by atoms with Crippen molar-refractivity contribution in [3.8, 4) is 5.75 Å². The van der Waals surface area contributed by atoms with E-state index >= 15 is 0 Å². The molecule has 2 aromatic carbocycles. The number of methoxy groups -OCH3 is 1. The Bertz CT molecular complexity index is 857. The van der Waals surface area contributed by atoms with E-state index in [-0.39, 0.29) is 16.4 Å². The van der Waals surface area contributed by atoms with E-state index < -0.39 is 10.8 Å². The van der Waals surface area contributed by atoms with Crippen molar-refractivity contribution in [3.05, 3.63) is 62.1 Å². The largest absolute Gasteiger partial charge is 0.496 e. The first-order valence-electron chi connectivity index (χ1n) is 7.02. The van der Waals surface area contributed by atoms with Gasteiger partial charge in [-0.1, -0.05) is 6.07 Å². The zero-order chi connectivity index (χ0) is 18.6. The first-order chi connectivity index (χ1) is 11.8. The molecule has 2 aromatic rings. The van der Waals surface area contributed by atoms with Gasteiger partial charge in [0, 0.05) is 22.9 Å². The molecule has 0 saturated heterocycles. The van der Waals surface area contributed by atoms with E-state index in [2.05, 4.69) is 26.6 Å². The lowest BCUT2D eigenvalue weighted by molar-refractivity contribution is -0.385. The van der Waals surface area contributed by atoms with Crippen molar-refractivity contribution in [1.82, 2.24) is 5.32 Å². The maximum absolute atomic E-state index is 12.2. The quantitative estimate of drug-likeness (QED) is 0.441. The molecule has 0 unspecified atom stereocenters. The van der Waals surface area contributed by atoms with Crippen LogP contribution in [0.15, 0.2) is 40.9 Å². The number of benzene rings is 2. The maximum atomic E-state index is 12.2. The Kier molecular flexibility index (Phi) is 6.05. The van der Waals surface area contributed by atoms with E-state index in [4.69, 9.17) is 17.0 Å². The summed E-state index contributed by atoms with van der Waals surface area (Å²) in [7, 11) is 1.55. The van der Waals surface area contributed by atoms with Crippen LogP contribution in [0.5, 0.6) is 5.75 Å². The molecule has 9 heteroatoms. The highest BCUT2D eigenvalue weighted by molar-refractivity contribution is 9.10. The van der Waals surface area contributed by atoms with Crippen LogP contribution < -0.4 is 15.4 Å². The van der Waals surface area contributed by atoms with Crippen molar-refractivity contribution < 1.29 is 14.5 Å². The standard InChI is InChI=1S/C16H14BrN3O4S/c1-9-3-4-10(7-13(9)20(22)23)15(21)19-16(25)18-11-5-6-14(24-2)12(17)8-11/h3-8H,1-2H3,(H2,18,19,21,25). The van der Waals surface area contributed by atoms with E-state index in [1.165, 1.54) is 18.2 Å². The number of nitrogens with zero attached hydrogens (tertiary/aromatic N) is 1. The summed E-state index contributed by atoms with van der Waals surface area (Å²) in [5.74, 6) is 0.126. The van der Waals surface area contributed by atoms with Gasteiger partial charge in [-0.3, -0.25) is 20.2 Å². The first-order valence-corrected chi connectivity index (χ1v) is 8.23. The van der Waals surface area contributed by atoms with E-state index in [1.54, 1.807) is 32.2 Å². The van der Waals surface area contributed by atoms with Gasteiger partial charge in [0.05, 0.1) is 16.5 Å². The second-order valence-electron chi connectivity index (χ2n) is 5.02. The highest BCUT2D eigenvalue weighted by atomic mass is 79.9. The molecular formula is C16H14BrN3O4S. The molecule has 0 saturated carbocycles. The fourth-order valence-corrected chi connectivity index (χ4v) is 2.78. The van der Waals surface area contributed by atoms with Crippen LogP contribution in [-0.4, -0.2) is 23.1 Å². The van der Waals surface area contributed by atoms with E-state index in [9.17, 15) is 14.9 Å². The fraction of sp³-hybridized carbons (Fsp3) is 0.125. The SMILES string of the molecule is COc1ccc(NC(=S)NC(=O)c2ccc(C)c([N+](=O)[O-])c2)cc1Br. The molecule has 25 heavy (non-hydrogen) atoms. The molecule has 0 fully saturated rings. The summed E-state index contributed by atoms with van der Waals surface area (Å²) in [4.78, 5) is 22.6. The van der Waals surface area contributed by atoms with Gasteiger partial charge in [-0.2, -0.15) is 0 Å². The minimum Gasteiger partial charge on any atom is -0.496 e. The molecule has 0 atom stereocenters. The molecule has 0 aromatic heterocycles. The molecule has 0 aliphatic heterocycles. The molecule has 7 nitrogen and oxygen atoms in total. The monoisotopic (exact) mass is 423 g/mol. The van der Waals surface area contributed by atoms with Crippen molar-refractivity contribution in [1.29, 1.82) is 0 Å². The molecule has 130 valence electrons. The summed E-state index contributed by atoms with van der Waals surface area (Å²) in [6.07, 6.45) is 0. The van der Waals surface area contributed by atoms with Gasteiger partial charge in [0.15, 0.2) is 5.11 Å². The summed E-state index contributed by atoms with van der Waals surface area (Å²) in [5, 5.41) is 16.4. The van der Waals surface area contributed by atoms with Gasteiger partial charge < -0.3 is 10.1 Å². The number of hydrogen-bond acceptors (Lipinski definition) is 5. The number of carbonyl (C=O) groups is 1. The van der Waals surface area contributed by atoms with Gasteiger partial charge in [-0.15, -0.1) is 0 Å². The summed E-state index contributed by atoms with van der Waals surface area (Å²) < 4.78 is 5.86. The van der Waals surface area contributed by atoms with Gasteiger partial charge in [0.25, 0.3) is 11.6 Å². The van der Waals surface area contributed by atoms with E-state index in [0.717, 1.165) is 4.47 Å². The van der Waals surface area contributed by atoms with E-state index in [0.29, 0.717) is 17.0 Å². The van der Waals surface area contributed by atoms with Gasteiger partial charge in [0.1, 0.15) is 5.75 Å².